The Kier molecular flexibility index (Phi) is 1.70. The molecule has 1 saturated carbocycles. The topological polar surface area (TPSA) is 52.7 Å². The van der Waals surface area contributed by atoms with Gasteiger partial charge in [-0.2, -0.15) is 9.36 Å². The first kappa shape index (κ1) is 8.27. The van der Waals surface area contributed by atoms with Crippen molar-refractivity contribution < 1.29 is 1.37 Å². The smallest absolute Gasteiger partial charge is 0.244 e. The number of nitrogens with zero attached hydrogens (tertiary/aromatic N) is 4. The van der Waals surface area contributed by atoms with E-state index in [0.717, 1.165) is 23.1 Å². The van der Waals surface area contributed by atoms with Crippen LogP contribution in [0.2, 0.25) is 0 Å². The highest BCUT2D eigenvalue weighted by Gasteiger charge is 2.23. The van der Waals surface area contributed by atoms with Gasteiger partial charge >= 0.3 is 5.69 Å². The standard InChI is InChI=1S/C11H12N4O/c1-14-11(16)15(13-12-14)10-4-2-3-9(7-10)8-5-6-8/h2-4,7-8H,5-6H2,1H3/i7T. The van der Waals surface area contributed by atoms with E-state index < -0.39 is 0 Å². The first-order valence-electron chi connectivity index (χ1n) is 5.77. The van der Waals surface area contributed by atoms with Crippen LogP contribution in [0, 0.1) is 0 Å². The molecule has 0 bridgehead atoms. The van der Waals surface area contributed by atoms with E-state index in [1.54, 1.807) is 13.1 Å². The molecule has 2 aromatic rings. The highest BCUT2D eigenvalue weighted by molar-refractivity contribution is 5.37. The second-order valence-corrected chi connectivity index (χ2v) is 4.06. The van der Waals surface area contributed by atoms with Crippen LogP contribution in [0.25, 0.3) is 5.69 Å². The fourth-order valence-corrected chi connectivity index (χ4v) is 1.69. The third-order valence-corrected chi connectivity index (χ3v) is 2.77. The van der Waals surface area contributed by atoms with Crippen LogP contribution in [-0.2, 0) is 7.05 Å². The molecule has 16 heavy (non-hydrogen) atoms. The first-order chi connectivity index (χ1) is 8.18. The van der Waals surface area contributed by atoms with Crippen LogP contribution in [0.15, 0.2) is 29.0 Å². The van der Waals surface area contributed by atoms with Crippen LogP contribution in [0.4, 0.5) is 0 Å². The van der Waals surface area contributed by atoms with Crippen LogP contribution >= 0.6 is 0 Å². The molecule has 1 aliphatic carbocycles. The van der Waals surface area contributed by atoms with Crippen molar-refractivity contribution in [1.29, 1.82) is 0 Å². The summed E-state index contributed by atoms with van der Waals surface area (Å²) in [5.74, 6) is 0.481. The number of aromatic nitrogens is 4. The van der Waals surface area contributed by atoms with E-state index in [0.29, 0.717) is 17.6 Å². The Morgan fingerprint density at radius 1 is 1.44 bits per heavy atom. The summed E-state index contributed by atoms with van der Waals surface area (Å²) in [5.41, 5.74) is 1.18. The molecule has 1 aliphatic rings. The molecule has 0 amide bonds. The molecule has 0 saturated heterocycles. The highest BCUT2D eigenvalue weighted by Crippen LogP contribution is 2.40. The number of hydrogen-bond donors (Lipinski definition) is 0. The lowest BCUT2D eigenvalue weighted by Gasteiger charge is -2.01. The van der Waals surface area contributed by atoms with Gasteiger partial charge in [0.25, 0.3) is 0 Å². The fraction of sp³-hybridized carbons (Fsp3) is 0.364. The van der Waals surface area contributed by atoms with Crippen LogP contribution in [0.1, 0.15) is 25.7 Å². The maximum Gasteiger partial charge on any atom is 0.368 e. The molecule has 0 atom stereocenters. The van der Waals surface area contributed by atoms with E-state index in [2.05, 4.69) is 10.4 Å². The number of benzene rings is 1. The number of hydrogen-bond acceptors (Lipinski definition) is 3. The van der Waals surface area contributed by atoms with Gasteiger partial charge in [-0.05, 0) is 46.9 Å². The summed E-state index contributed by atoms with van der Waals surface area (Å²) in [6.45, 7) is 0. The van der Waals surface area contributed by atoms with Gasteiger partial charge in [0.1, 0.15) is 0 Å². The molecule has 1 aromatic heterocycles. The van der Waals surface area contributed by atoms with Gasteiger partial charge in [0.05, 0.1) is 7.06 Å². The van der Waals surface area contributed by atoms with Gasteiger partial charge in [-0.25, -0.2) is 4.79 Å². The Morgan fingerprint density at radius 2 is 2.25 bits per heavy atom. The van der Waals surface area contributed by atoms with E-state index in [-0.39, 0.29) is 5.69 Å². The highest BCUT2D eigenvalue weighted by atomic mass is 16.2. The van der Waals surface area contributed by atoms with Crippen LogP contribution in [0.5, 0.6) is 0 Å². The maximum absolute atomic E-state index is 11.7. The zero-order chi connectivity index (χ0) is 12.0. The van der Waals surface area contributed by atoms with Gasteiger partial charge in [-0.15, -0.1) is 0 Å². The minimum Gasteiger partial charge on any atom is -0.244 e. The van der Waals surface area contributed by atoms with E-state index in [4.69, 9.17) is 1.37 Å². The molecule has 0 spiro atoms. The minimum absolute atomic E-state index is 0.327. The van der Waals surface area contributed by atoms with Crippen molar-refractivity contribution in [3.05, 3.63) is 40.3 Å². The van der Waals surface area contributed by atoms with Crippen LogP contribution < -0.4 is 5.69 Å². The molecule has 1 heterocycles. The summed E-state index contributed by atoms with van der Waals surface area (Å²) in [5, 5.41) is 7.42. The molecule has 1 fully saturated rings. The molecule has 0 N–H and O–H groups in total. The third kappa shape index (κ3) is 1.44. The second kappa shape index (κ2) is 3.30. The van der Waals surface area contributed by atoms with Gasteiger partial charge in [0.2, 0.25) is 0 Å². The predicted octanol–water partition coefficient (Wildman–Crippen LogP) is 0.843. The van der Waals surface area contributed by atoms with Gasteiger partial charge < -0.3 is 0 Å². The third-order valence-electron chi connectivity index (χ3n) is 2.77. The lowest BCUT2D eigenvalue weighted by Crippen LogP contribution is -2.21. The maximum atomic E-state index is 11.7. The summed E-state index contributed by atoms with van der Waals surface area (Å²) in [7, 11) is 1.54. The van der Waals surface area contributed by atoms with Gasteiger partial charge in [0.15, 0.2) is 0 Å². The molecule has 82 valence electrons. The van der Waals surface area contributed by atoms with Crippen molar-refractivity contribution in [2.75, 3.05) is 0 Å². The van der Waals surface area contributed by atoms with Crippen molar-refractivity contribution in [2.24, 2.45) is 7.05 Å². The molecule has 5 nitrogen and oxygen atoms in total. The zero-order valence-electron chi connectivity index (χ0n) is 9.92. The molecular weight excluding hydrogens is 204 g/mol. The minimum atomic E-state index is -0.327. The Balaban J connectivity index is 2.18. The molecule has 0 unspecified atom stereocenters. The quantitative estimate of drug-likeness (QED) is 0.750. The van der Waals surface area contributed by atoms with Crippen molar-refractivity contribution in [1.82, 2.24) is 19.8 Å². The largest absolute Gasteiger partial charge is 0.368 e. The number of tetrazole rings is 1. The lowest BCUT2D eigenvalue weighted by molar-refractivity contribution is 0.693. The van der Waals surface area contributed by atoms with Gasteiger partial charge in [-0.1, -0.05) is 12.1 Å². The summed E-state index contributed by atoms with van der Waals surface area (Å²) >= 11 is 0. The summed E-state index contributed by atoms with van der Waals surface area (Å²) in [6.07, 6.45) is 2.26. The van der Waals surface area contributed by atoms with Crippen molar-refractivity contribution in [3.8, 4) is 5.69 Å². The number of rotatable bonds is 2. The SMILES string of the molecule is [3H]c1c(C2CC2)cccc1-n1nnn(C)c1=O. The Hall–Kier alpha value is -1.91. The lowest BCUT2D eigenvalue weighted by atomic mass is 10.1. The van der Waals surface area contributed by atoms with E-state index >= 15 is 0 Å². The van der Waals surface area contributed by atoms with Gasteiger partial charge in [0, 0.05) is 7.05 Å². The van der Waals surface area contributed by atoms with E-state index in [1.807, 2.05) is 12.1 Å². The van der Waals surface area contributed by atoms with Crippen LogP contribution in [-0.4, -0.2) is 19.8 Å². The van der Waals surface area contributed by atoms with Crippen molar-refractivity contribution in [2.45, 2.75) is 18.8 Å². The zero-order valence-corrected chi connectivity index (χ0v) is 8.92. The molecule has 1 aromatic carbocycles. The Labute approximate surface area is 93.7 Å². The molecule has 5 heteroatoms. The van der Waals surface area contributed by atoms with E-state index in [1.165, 1.54) is 4.68 Å². The second-order valence-electron chi connectivity index (χ2n) is 4.06. The summed E-state index contributed by atoms with van der Waals surface area (Å²) < 4.78 is 10.5. The molecule has 0 aliphatic heterocycles. The first-order valence-corrected chi connectivity index (χ1v) is 5.27. The fourth-order valence-electron chi connectivity index (χ4n) is 1.69. The average molecular weight is 218 g/mol. The normalized spacial score (nSPS) is 16.2. The van der Waals surface area contributed by atoms with Gasteiger partial charge in [-0.3, -0.25) is 0 Å². The number of aryl methyl sites for hydroxylation is 1. The molecule has 0 radical (unpaired) electrons. The van der Waals surface area contributed by atoms with E-state index in [9.17, 15) is 4.79 Å². The summed E-state index contributed by atoms with van der Waals surface area (Å²) in [6, 6.07) is 5.93. The molecule has 3 rings (SSSR count). The molecular formula is C11H12N4O. The Morgan fingerprint density at radius 3 is 2.88 bits per heavy atom. The van der Waals surface area contributed by atoms with Crippen molar-refractivity contribution >= 4 is 0 Å². The van der Waals surface area contributed by atoms with Crippen molar-refractivity contribution in [3.63, 3.8) is 0 Å². The average Bonchev–Trinajstić information content (AvgIpc) is 3.10. The summed E-state index contributed by atoms with van der Waals surface area (Å²) in [4.78, 5) is 11.7. The Bertz CT molecular complexity index is 627. The van der Waals surface area contributed by atoms with Crippen LogP contribution in [0.3, 0.4) is 0 Å². The predicted molar refractivity (Wildman–Crippen MR) is 58.6 cm³/mol. The monoisotopic (exact) mass is 218 g/mol.